The fraction of sp³-hybridized carbons (Fsp3) is 0.304. The molecule has 0 aliphatic carbocycles. The number of pyridine rings is 1. The van der Waals surface area contributed by atoms with Crippen LogP contribution in [0.15, 0.2) is 36.5 Å². The molecule has 3 aromatic rings. The summed E-state index contributed by atoms with van der Waals surface area (Å²) in [5, 5.41) is 14.4. The Morgan fingerprint density at radius 3 is 2.56 bits per heavy atom. The van der Waals surface area contributed by atoms with Gasteiger partial charge in [0.25, 0.3) is 0 Å². The molecule has 9 nitrogen and oxygen atoms in total. The normalized spacial score (nSPS) is 15.6. The number of anilines is 3. The first-order chi connectivity index (χ1) is 15.3. The molecule has 1 saturated heterocycles. The maximum Gasteiger partial charge on any atom is 0.332 e. The Morgan fingerprint density at radius 2 is 1.84 bits per heavy atom. The van der Waals surface area contributed by atoms with Gasteiger partial charge >= 0.3 is 6.03 Å². The number of carbonyl (C=O) groups is 2. The van der Waals surface area contributed by atoms with E-state index < -0.39 is 0 Å². The number of urea groups is 1. The Kier molecular flexibility index (Phi) is 4.61. The number of aromatic hydroxyl groups is 1. The zero-order valence-corrected chi connectivity index (χ0v) is 18.2. The fourth-order valence-corrected chi connectivity index (χ4v) is 4.47. The number of phenols is 1. The molecular weight excluding hydrogens is 408 g/mol. The van der Waals surface area contributed by atoms with Crippen molar-refractivity contribution in [1.82, 2.24) is 19.7 Å². The number of imide groups is 1. The molecule has 2 aliphatic heterocycles. The lowest BCUT2D eigenvalue weighted by Crippen LogP contribution is -2.35. The molecule has 164 valence electrons. The summed E-state index contributed by atoms with van der Waals surface area (Å²) in [5.41, 5.74) is 4.85. The average molecular weight is 432 g/mol. The number of hydrogen-bond donors (Lipinski definition) is 1. The summed E-state index contributed by atoms with van der Waals surface area (Å²) in [6, 6.07) is 8.80. The topological polar surface area (TPSA) is 94.8 Å². The van der Waals surface area contributed by atoms with Crippen LogP contribution in [0, 0.1) is 13.8 Å². The molecule has 0 atom stereocenters. The van der Waals surface area contributed by atoms with E-state index in [9.17, 15) is 14.7 Å². The number of amides is 3. The van der Waals surface area contributed by atoms with E-state index >= 15 is 0 Å². The Morgan fingerprint density at radius 1 is 1.03 bits per heavy atom. The van der Waals surface area contributed by atoms with Crippen molar-refractivity contribution in [3.63, 3.8) is 0 Å². The number of hydrogen-bond acceptors (Lipinski definition) is 6. The van der Waals surface area contributed by atoms with Crippen LogP contribution in [-0.2, 0) is 11.2 Å². The summed E-state index contributed by atoms with van der Waals surface area (Å²) in [6.45, 7) is 6.88. The molecule has 0 saturated carbocycles. The van der Waals surface area contributed by atoms with Gasteiger partial charge in [-0.15, -0.1) is 5.10 Å². The first kappa shape index (κ1) is 20.0. The highest BCUT2D eigenvalue weighted by Gasteiger charge is 2.34. The molecule has 9 heteroatoms. The molecule has 4 heterocycles. The fourth-order valence-electron chi connectivity index (χ4n) is 4.47. The number of nitrogens with zero attached hydrogens (tertiary/aromatic N) is 6. The summed E-state index contributed by atoms with van der Waals surface area (Å²) in [6.07, 6.45) is 2.64. The minimum atomic E-state index is -0.340. The van der Waals surface area contributed by atoms with Crippen LogP contribution in [0.1, 0.15) is 23.7 Å². The molecule has 0 unspecified atom stereocenters. The minimum absolute atomic E-state index is 0.243. The van der Waals surface area contributed by atoms with Gasteiger partial charge in [0.2, 0.25) is 5.91 Å². The van der Waals surface area contributed by atoms with Gasteiger partial charge in [-0.25, -0.2) is 14.5 Å². The number of phenolic OH excluding ortho intramolecular Hbond substituents is 1. The van der Waals surface area contributed by atoms with Crippen LogP contribution in [0.5, 0.6) is 5.75 Å². The number of rotatable bonds is 3. The molecular formula is C23H24N6O3. The van der Waals surface area contributed by atoms with Crippen molar-refractivity contribution in [2.45, 2.75) is 27.2 Å². The molecule has 1 aromatic carbocycles. The Balaban J connectivity index is 1.51. The van der Waals surface area contributed by atoms with Gasteiger partial charge < -0.3 is 10.0 Å². The van der Waals surface area contributed by atoms with E-state index in [-0.39, 0.29) is 17.7 Å². The van der Waals surface area contributed by atoms with Gasteiger partial charge in [-0.1, -0.05) is 0 Å². The van der Waals surface area contributed by atoms with Crippen molar-refractivity contribution >= 4 is 29.3 Å². The van der Waals surface area contributed by atoms with E-state index in [1.54, 1.807) is 22.9 Å². The van der Waals surface area contributed by atoms with Gasteiger partial charge in [0.05, 0.1) is 5.69 Å². The predicted octanol–water partition coefficient (Wildman–Crippen LogP) is 3.07. The number of carbonyl (C=O) groups excluding carboxylic acids is 2. The van der Waals surface area contributed by atoms with Crippen molar-refractivity contribution in [2.24, 2.45) is 0 Å². The Bertz CT molecular complexity index is 1250. The summed E-state index contributed by atoms with van der Waals surface area (Å²) in [7, 11) is 0. The van der Waals surface area contributed by atoms with E-state index in [0.717, 1.165) is 47.0 Å². The van der Waals surface area contributed by atoms with Crippen LogP contribution < -0.4 is 9.80 Å². The second-order valence-electron chi connectivity index (χ2n) is 8.18. The average Bonchev–Trinajstić information content (AvgIpc) is 3.45. The molecule has 1 N–H and O–H groups in total. The molecule has 32 heavy (non-hydrogen) atoms. The zero-order valence-electron chi connectivity index (χ0n) is 18.2. The minimum Gasteiger partial charge on any atom is -0.508 e. The number of aryl methyl sites for hydroxylation is 2. The summed E-state index contributed by atoms with van der Waals surface area (Å²) >= 11 is 0. The van der Waals surface area contributed by atoms with Crippen LogP contribution in [0.2, 0.25) is 0 Å². The molecule has 1 fully saturated rings. The van der Waals surface area contributed by atoms with Crippen LogP contribution in [0.4, 0.5) is 22.1 Å². The third-order valence-electron chi connectivity index (χ3n) is 6.01. The smallest absolute Gasteiger partial charge is 0.332 e. The van der Waals surface area contributed by atoms with Crippen LogP contribution in [-0.4, -0.2) is 56.3 Å². The molecule has 3 amide bonds. The quantitative estimate of drug-likeness (QED) is 0.684. The highest BCUT2D eigenvalue weighted by Crippen LogP contribution is 2.38. The van der Waals surface area contributed by atoms with Crippen LogP contribution in [0.25, 0.3) is 5.69 Å². The SMILES string of the molecule is CC(=O)N1CCN(c2ccn(-c3cc(C)nc4c3CCN4c3ccc(O)cc3C)n2)C1=O. The lowest BCUT2D eigenvalue weighted by Gasteiger charge is -2.21. The highest BCUT2D eigenvalue weighted by molar-refractivity contribution is 6.03. The van der Waals surface area contributed by atoms with E-state index in [1.807, 2.05) is 32.2 Å². The van der Waals surface area contributed by atoms with Gasteiger partial charge in [-0.2, -0.15) is 0 Å². The van der Waals surface area contributed by atoms with Crippen molar-refractivity contribution < 1.29 is 14.7 Å². The first-order valence-corrected chi connectivity index (χ1v) is 10.6. The lowest BCUT2D eigenvalue weighted by atomic mass is 10.1. The second kappa shape index (κ2) is 7.37. The van der Waals surface area contributed by atoms with E-state index in [2.05, 4.69) is 10.00 Å². The van der Waals surface area contributed by atoms with Gasteiger partial charge in [0, 0.05) is 55.8 Å². The molecule has 5 rings (SSSR count). The molecule has 2 aliphatic rings. The Labute approximate surface area is 185 Å². The maximum atomic E-state index is 12.5. The third-order valence-corrected chi connectivity index (χ3v) is 6.01. The first-order valence-electron chi connectivity index (χ1n) is 10.6. The van der Waals surface area contributed by atoms with Crippen molar-refractivity contribution in [3.8, 4) is 11.4 Å². The lowest BCUT2D eigenvalue weighted by molar-refractivity contribution is -0.125. The van der Waals surface area contributed by atoms with Crippen molar-refractivity contribution in [3.05, 3.63) is 53.3 Å². The number of aromatic nitrogens is 3. The molecule has 0 bridgehead atoms. The van der Waals surface area contributed by atoms with Crippen molar-refractivity contribution in [2.75, 3.05) is 29.4 Å². The van der Waals surface area contributed by atoms with Crippen LogP contribution in [0.3, 0.4) is 0 Å². The van der Waals surface area contributed by atoms with E-state index in [4.69, 9.17) is 4.98 Å². The standard InChI is InChI=1S/C23H24N6O3/c1-14-12-17(31)4-5-19(14)27-8-6-18-20(13-15(2)24-22(18)27)29-9-7-21(25-29)28-11-10-26(16(3)30)23(28)32/h4-5,7,9,12-13,31H,6,8,10-11H2,1-3H3. The van der Waals surface area contributed by atoms with Gasteiger partial charge in [0.1, 0.15) is 11.6 Å². The molecule has 0 radical (unpaired) electrons. The Hall–Kier alpha value is -3.88. The van der Waals surface area contributed by atoms with Crippen LogP contribution >= 0.6 is 0 Å². The third kappa shape index (κ3) is 3.17. The predicted molar refractivity (Wildman–Crippen MR) is 120 cm³/mol. The molecule has 2 aromatic heterocycles. The second-order valence-corrected chi connectivity index (χ2v) is 8.18. The zero-order chi connectivity index (χ0) is 22.6. The van der Waals surface area contributed by atoms with Gasteiger partial charge in [0.15, 0.2) is 5.82 Å². The summed E-state index contributed by atoms with van der Waals surface area (Å²) in [5.74, 6) is 1.38. The maximum absolute atomic E-state index is 12.5. The number of benzene rings is 1. The molecule has 0 spiro atoms. The largest absolute Gasteiger partial charge is 0.508 e. The van der Waals surface area contributed by atoms with Gasteiger partial charge in [-0.3, -0.25) is 14.6 Å². The van der Waals surface area contributed by atoms with Gasteiger partial charge in [-0.05, 0) is 50.1 Å². The summed E-state index contributed by atoms with van der Waals surface area (Å²) < 4.78 is 1.78. The monoisotopic (exact) mass is 432 g/mol. The van der Waals surface area contributed by atoms with Crippen molar-refractivity contribution in [1.29, 1.82) is 0 Å². The number of fused-ring (bicyclic) bond motifs is 1. The summed E-state index contributed by atoms with van der Waals surface area (Å²) in [4.78, 5) is 33.9. The van der Waals surface area contributed by atoms with E-state index in [1.165, 1.54) is 16.7 Å². The van der Waals surface area contributed by atoms with E-state index in [0.29, 0.717) is 18.9 Å². The highest BCUT2D eigenvalue weighted by atomic mass is 16.3.